The number of rotatable bonds is 2. The third-order valence-corrected chi connectivity index (χ3v) is 4.13. The van der Waals surface area contributed by atoms with Crippen molar-refractivity contribution in [3.8, 4) is 0 Å². The average molecular weight is 305 g/mol. The van der Waals surface area contributed by atoms with Crippen molar-refractivity contribution < 1.29 is 9.53 Å². The van der Waals surface area contributed by atoms with Gasteiger partial charge in [-0.25, -0.2) is 0 Å². The normalized spacial score (nSPS) is 22.5. The Morgan fingerprint density at radius 1 is 1.48 bits per heavy atom. The maximum atomic E-state index is 12.7. The van der Waals surface area contributed by atoms with Gasteiger partial charge in [0, 0.05) is 23.7 Å². The average Bonchev–Trinajstić information content (AvgIpc) is 2.54. The van der Waals surface area contributed by atoms with E-state index in [1.165, 1.54) is 0 Å². The summed E-state index contributed by atoms with van der Waals surface area (Å²) in [4.78, 5) is 18.8. The maximum absolute atomic E-state index is 12.7. The summed E-state index contributed by atoms with van der Waals surface area (Å²) < 4.78 is 5.59. The number of carbonyl (C=O) groups is 1. The van der Waals surface area contributed by atoms with E-state index in [4.69, 9.17) is 16.3 Å². The maximum Gasteiger partial charge on any atom is 0.254 e. The molecule has 2 heterocycles. The number of halogens is 1. The lowest BCUT2D eigenvalue weighted by Crippen LogP contribution is -2.51. The quantitative estimate of drug-likeness (QED) is 0.801. The van der Waals surface area contributed by atoms with Crippen LogP contribution in [0.5, 0.6) is 0 Å². The predicted octanol–water partition coefficient (Wildman–Crippen LogP) is 2.70. The monoisotopic (exact) mass is 304 g/mol. The Morgan fingerprint density at radius 3 is 3.14 bits per heavy atom. The Bertz CT molecular complexity index is 662. The van der Waals surface area contributed by atoms with E-state index >= 15 is 0 Å². The SMILES string of the molecule is CC1COC(CCl)CN1C(=O)c1ccc2ncccc2c1. The van der Waals surface area contributed by atoms with Crippen LogP contribution in [0.15, 0.2) is 36.5 Å². The van der Waals surface area contributed by atoms with Crippen LogP contribution in [0.4, 0.5) is 0 Å². The number of amides is 1. The molecule has 1 saturated heterocycles. The topological polar surface area (TPSA) is 42.4 Å². The number of alkyl halides is 1. The number of benzene rings is 1. The summed E-state index contributed by atoms with van der Waals surface area (Å²) in [5, 5.41) is 0.971. The summed E-state index contributed by atoms with van der Waals surface area (Å²) in [7, 11) is 0. The van der Waals surface area contributed by atoms with Crippen molar-refractivity contribution in [2.45, 2.75) is 19.1 Å². The Labute approximate surface area is 128 Å². The van der Waals surface area contributed by atoms with Gasteiger partial charge in [-0.05, 0) is 31.2 Å². The minimum absolute atomic E-state index is 0.0201. The molecule has 1 aliphatic rings. The van der Waals surface area contributed by atoms with Gasteiger partial charge in [0.2, 0.25) is 0 Å². The standard InChI is InChI=1S/C16H17ClN2O2/c1-11-10-21-14(8-17)9-19(11)16(20)13-4-5-15-12(7-13)3-2-6-18-15/h2-7,11,14H,8-10H2,1H3. The van der Waals surface area contributed by atoms with E-state index in [1.54, 1.807) is 6.20 Å². The molecule has 21 heavy (non-hydrogen) atoms. The van der Waals surface area contributed by atoms with Crippen LogP contribution < -0.4 is 0 Å². The largest absolute Gasteiger partial charge is 0.373 e. The van der Waals surface area contributed by atoms with E-state index in [9.17, 15) is 4.79 Å². The Hall–Kier alpha value is -1.65. The summed E-state index contributed by atoms with van der Waals surface area (Å²) in [5.74, 6) is 0.421. The molecule has 0 bridgehead atoms. The Morgan fingerprint density at radius 2 is 2.33 bits per heavy atom. The lowest BCUT2D eigenvalue weighted by Gasteiger charge is -2.37. The summed E-state index contributed by atoms with van der Waals surface area (Å²) in [6.45, 7) is 3.05. The van der Waals surface area contributed by atoms with Gasteiger partial charge in [0.05, 0.1) is 30.1 Å². The molecule has 0 radical (unpaired) electrons. The number of aromatic nitrogens is 1. The van der Waals surface area contributed by atoms with E-state index in [0.717, 1.165) is 10.9 Å². The number of hydrogen-bond donors (Lipinski definition) is 0. The molecule has 4 nitrogen and oxygen atoms in total. The zero-order chi connectivity index (χ0) is 14.8. The van der Waals surface area contributed by atoms with Gasteiger partial charge in [0.15, 0.2) is 0 Å². The number of morpholine rings is 1. The molecular weight excluding hydrogens is 288 g/mol. The number of nitrogens with zero attached hydrogens (tertiary/aromatic N) is 2. The second-order valence-corrected chi connectivity index (χ2v) is 5.64. The molecule has 1 aliphatic heterocycles. The Kier molecular flexibility index (Phi) is 4.08. The molecular formula is C16H17ClN2O2. The predicted molar refractivity (Wildman–Crippen MR) is 82.7 cm³/mol. The fraction of sp³-hybridized carbons (Fsp3) is 0.375. The van der Waals surface area contributed by atoms with Crippen LogP contribution in [0.3, 0.4) is 0 Å². The molecule has 1 amide bonds. The van der Waals surface area contributed by atoms with Gasteiger partial charge in [0.1, 0.15) is 0 Å². The van der Waals surface area contributed by atoms with E-state index in [1.807, 2.05) is 42.2 Å². The van der Waals surface area contributed by atoms with Crippen LogP contribution in [0, 0.1) is 0 Å². The van der Waals surface area contributed by atoms with Crippen LogP contribution in [-0.4, -0.2) is 47.0 Å². The van der Waals surface area contributed by atoms with E-state index in [0.29, 0.717) is 24.6 Å². The first-order valence-corrected chi connectivity index (χ1v) is 7.56. The first-order chi connectivity index (χ1) is 10.2. The second kappa shape index (κ2) is 6.00. The third kappa shape index (κ3) is 2.87. The molecule has 1 aromatic carbocycles. The lowest BCUT2D eigenvalue weighted by molar-refractivity contribution is -0.0371. The molecule has 0 saturated carbocycles. The van der Waals surface area contributed by atoms with Gasteiger partial charge in [-0.1, -0.05) is 6.07 Å². The van der Waals surface area contributed by atoms with Crippen LogP contribution in [-0.2, 0) is 4.74 Å². The van der Waals surface area contributed by atoms with Crippen LogP contribution in [0.25, 0.3) is 10.9 Å². The molecule has 0 N–H and O–H groups in total. The van der Waals surface area contributed by atoms with Crippen molar-refractivity contribution in [1.82, 2.24) is 9.88 Å². The molecule has 2 aromatic rings. The zero-order valence-corrected chi connectivity index (χ0v) is 12.6. The molecule has 0 spiro atoms. The van der Waals surface area contributed by atoms with E-state index < -0.39 is 0 Å². The minimum Gasteiger partial charge on any atom is -0.373 e. The fourth-order valence-electron chi connectivity index (χ4n) is 2.57. The lowest BCUT2D eigenvalue weighted by atomic mass is 10.1. The van der Waals surface area contributed by atoms with Gasteiger partial charge in [-0.2, -0.15) is 0 Å². The van der Waals surface area contributed by atoms with Crippen molar-refractivity contribution in [1.29, 1.82) is 0 Å². The first kappa shape index (κ1) is 14.3. The number of carbonyl (C=O) groups excluding carboxylic acids is 1. The molecule has 5 heteroatoms. The van der Waals surface area contributed by atoms with Crippen molar-refractivity contribution in [3.63, 3.8) is 0 Å². The van der Waals surface area contributed by atoms with Crippen LogP contribution >= 0.6 is 11.6 Å². The second-order valence-electron chi connectivity index (χ2n) is 5.33. The highest BCUT2D eigenvalue weighted by atomic mass is 35.5. The van der Waals surface area contributed by atoms with Gasteiger partial charge in [-0.15, -0.1) is 11.6 Å². The summed E-state index contributed by atoms with van der Waals surface area (Å²) >= 11 is 5.85. The van der Waals surface area contributed by atoms with Gasteiger partial charge < -0.3 is 9.64 Å². The summed E-state index contributed by atoms with van der Waals surface area (Å²) in [6.07, 6.45) is 1.66. The number of ether oxygens (including phenoxy) is 1. The fourth-order valence-corrected chi connectivity index (χ4v) is 2.75. The first-order valence-electron chi connectivity index (χ1n) is 7.02. The number of pyridine rings is 1. The number of fused-ring (bicyclic) bond motifs is 1. The van der Waals surface area contributed by atoms with Crippen molar-refractivity contribution in [3.05, 3.63) is 42.1 Å². The Balaban J connectivity index is 1.88. The highest BCUT2D eigenvalue weighted by molar-refractivity contribution is 6.18. The molecule has 2 atom stereocenters. The molecule has 3 rings (SSSR count). The van der Waals surface area contributed by atoms with Crippen molar-refractivity contribution in [2.24, 2.45) is 0 Å². The highest BCUT2D eigenvalue weighted by Gasteiger charge is 2.29. The van der Waals surface area contributed by atoms with Gasteiger partial charge in [0.25, 0.3) is 5.91 Å². The number of hydrogen-bond acceptors (Lipinski definition) is 3. The molecule has 1 aromatic heterocycles. The zero-order valence-electron chi connectivity index (χ0n) is 11.8. The molecule has 1 fully saturated rings. The third-order valence-electron chi connectivity index (χ3n) is 3.79. The molecule has 2 unspecified atom stereocenters. The van der Waals surface area contributed by atoms with E-state index in [2.05, 4.69) is 4.98 Å². The summed E-state index contributed by atoms with van der Waals surface area (Å²) in [5.41, 5.74) is 1.57. The van der Waals surface area contributed by atoms with Gasteiger partial charge in [-0.3, -0.25) is 9.78 Å². The minimum atomic E-state index is -0.0889. The van der Waals surface area contributed by atoms with Gasteiger partial charge >= 0.3 is 0 Å². The molecule has 110 valence electrons. The van der Waals surface area contributed by atoms with Crippen molar-refractivity contribution in [2.75, 3.05) is 19.0 Å². The van der Waals surface area contributed by atoms with Crippen LogP contribution in [0.1, 0.15) is 17.3 Å². The highest BCUT2D eigenvalue weighted by Crippen LogP contribution is 2.19. The summed E-state index contributed by atoms with van der Waals surface area (Å²) in [6, 6.07) is 9.49. The van der Waals surface area contributed by atoms with Crippen LogP contribution in [0.2, 0.25) is 0 Å². The van der Waals surface area contributed by atoms with E-state index in [-0.39, 0.29) is 18.1 Å². The molecule has 0 aliphatic carbocycles. The van der Waals surface area contributed by atoms with Crippen molar-refractivity contribution >= 4 is 28.4 Å². The smallest absolute Gasteiger partial charge is 0.254 e.